The molecule has 2 nitrogen and oxygen atoms in total. The number of halogens is 1. The molecule has 0 radical (unpaired) electrons. The number of nitrogens with zero attached hydrogens (tertiary/aromatic N) is 1. The van der Waals surface area contributed by atoms with Crippen molar-refractivity contribution in [3.05, 3.63) is 55.7 Å². The fourth-order valence-corrected chi connectivity index (χ4v) is 3.52. The maximum atomic E-state index is 5.69. The molecule has 19 heavy (non-hydrogen) atoms. The summed E-state index contributed by atoms with van der Waals surface area (Å²) in [7, 11) is 2.15. The van der Waals surface area contributed by atoms with Crippen molar-refractivity contribution in [2.45, 2.75) is 26.6 Å². The van der Waals surface area contributed by atoms with Crippen molar-refractivity contribution in [2.24, 2.45) is 5.73 Å². The summed E-state index contributed by atoms with van der Waals surface area (Å²) in [5.41, 5.74) is 8.41. The molecule has 0 unspecified atom stereocenters. The zero-order valence-corrected chi connectivity index (χ0v) is 13.7. The van der Waals surface area contributed by atoms with Gasteiger partial charge in [-0.2, -0.15) is 0 Å². The van der Waals surface area contributed by atoms with Gasteiger partial charge in [-0.1, -0.05) is 28.1 Å². The van der Waals surface area contributed by atoms with E-state index in [1.54, 1.807) is 11.3 Å². The van der Waals surface area contributed by atoms with Crippen LogP contribution in [-0.2, 0) is 19.6 Å². The molecule has 0 atom stereocenters. The lowest BCUT2D eigenvalue weighted by Gasteiger charge is -2.16. The van der Waals surface area contributed by atoms with E-state index in [4.69, 9.17) is 5.73 Å². The monoisotopic (exact) mass is 338 g/mol. The Labute approximate surface area is 127 Å². The van der Waals surface area contributed by atoms with Crippen LogP contribution in [0.25, 0.3) is 0 Å². The first-order chi connectivity index (χ1) is 9.08. The Bertz CT molecular complexity index is 551. The molecule has 4 heteroatoms. The molecule has 1 heterocycles. The maximum Gasteiger partial charge on any atom is 0.0274 e. The van der Waals surface area contributed by atoms with Crippen molar-refractivity contribution in [1.29, 1.82) is 0 Å². The van der Waals surface area contributed by atoms with Gasteiger partial charge in [-0.25, -0.2) is 0 Å². The number of hydrogen-bond acceptors (Lipinski definition) is 3. The molecule has 0 saturated carbocycles. The zero-order chi connectivity index (χ0) is 13.8. The molecule has 2 rings (SSSR count). The van der Waals surface area contributed by atoms with Gasteiger partial charge in [0.25, 0.3) is 0 Å². The van der Waals surface area contributed by atoms with Crippen molar-refractivity contribution in [3.63, 3.8) is 0 Å². The molecular formula is C15H19BrN2S. The predicted molar refractivity (Wildman–Crippen MR) is 86.3 cm³/mol. The van der Waals surface area contributed by atoms with E-state index in [-0.39, 0.29) is 0 Å². The van der Waals surface area contributed by atoms with Gasteiger partial charge in [0.2, 0.25) is 0 Å². The molecule has 0 bridgehead atoms. The van der Waals surface area contributed by atoms with Gasteiger partial charge >= 0.3 is 0 Å². The quantitative estimate of drug-likeness (QED) is 0.895. The smallest absolute Gasteiger partial charge is 0.0274 e. The Morgan fingerprint density at radius 2 is 2.05 bits per heavy atom. The van der Waals surface area contributed by atoms with Gasteiger partial charge in [0.15, 0.2) is 0 Å². The van der Waals surface area contributed by atoms with Crippen LogP contribution in [0.3, 0.4) is 0 Å². The molecule has 2 aromatic rings. The van der Waals surface area contributed by atoms with Crippen molar-refractivity contribution >= 4 is 27.3 Å². The number of thiophene rings is 1. The molecular weight excluding hydrogens is 320 g/mol. The topological polar surface area (TPSA) is 29.3 Å². The largest absolute Gasteiger partial charge is 0.326 e. The highest BCUT2D eigenvalue weighted by Gasteiger charge is 2.08. The van der Waals surface area contributed by atoms with E-state index in [1.807, 2.05) is 0 Å². The summed E-state index contributed by atoms with van der Waals surface area (Å²) in [6.07, 6.45) is 0. The third kappa shape index (κ3) is 4.14. The van der Waals surface area contributed by atoms with Crippen molar-refractivity contribution in [3.8, 4) is 0 Å². The van der Waals surface area contributed by atoms with E-state index >= 15 is 0 Å². The second-order valence-corrected chi connectivity index (χ2v) is 7.06. The van der Waals surface area contributed by atoms with Crippen LogP contribution in [0.2, 0.25) is 0 Å². The number of aryl methyl sites for hydroxylation is 1. The molecule has 0 aliphatic rings. The first kappa shape index (κ1) is 14.7. The van der Waals surface area contributed by atoms with E-state index in [9.17, 15) is 0 Å². The van der Waals surface area contributed by atoms with E-state index in [1.165, 1.54) is 20.9 Å². The fourth-order valence-electron chi connectivity index (χ4n) is 2.14. The minimum absolute atomic E-state index is 0.640. The Kier molecular flexibility index (Phi) is 5.16. The van der Waals surface area contributed by atoms with E-state index in [2.05, 4.69) is 65.1 Å². The van der Waals surface area contributed by atoms with Crippen LogP contribution in [-0.4, -0.2) is 11.9 Å². The molecule has 0 spiro atoms. The average molecular weight is 339 g/mol. The lowest BCUT2D eigenvalue weighted by atomic mass is 10.2. The standard InChI is InChI=1S/C15H19BrN2S/c1-11-13(7-15(8-17)19-11)10-18(2)9-12-4-3-5-14(16)6-12/h3-7H,8-10,17H2,1-2H3. The number of nitrogens with two attached hydrogens (primary N) is 1. The first-order valence-corrected chi connectivity index (χ1v) is 7.90. The SMILES string of the molecule is Cc1sc(CN)cc1CN(C)Cc1cccc(Br)c1. The van der Waals surface area contributed by atoms with Gasteiger partial charge in [0.05, 0.1) is 0 Å². The summed E-state index contributed by atoms with van der Waals surface area (Å²) in [4.78, 5) is 4.97. The summed E-state index contributed by atoms with van der Waals surface area (Å²) in [5.74, 6) is 0. The van der Waals surface area contributed by atoms with Crippen LogP contribution in [0.1, 0.15) is 20.9 Å². The highest BCUT2D eigenvalue weighted by molar-refractivity contribution is 9.10. The van der Waals surface area contributed by atoms with Crippen LogP contribution < -0.4 is 5.73 Å². The summed E-state index contributed by atoms with van der Waals surface area (Å²) < 4.78 is 1.13. The van der Waals surface area contributed by atoms with Crippen molar-refractivity contribution in [2.75, 3.05) is 7.05 Å². The van der Waals surface area contributed by atoms with Crippen molar-refractivity contribution in [1.82, 2.24) is 4.90 Å². The molecule has 0 aliphatic carbocycles. The summed E-state index contributed by atoms with van der Waals surface area (Å²) in [5, 5.41) is 0. The van der Waals surface area contributed by atoms with E-state index in [0.29, 0.717) is 6.54 Å². The van der Waals surface area contributed by atoms with Gasteiger partial charge < -0.3 is 5.73 Å². The summed E-state index contributed by atoms with van der Waals surface area (Å²) in [6.45, 7) is 4.73. The van der Waals surface area contributed by atoms with Gasteiger partial charge in [0, 0.05) is 33.9 Å². The average Bonchev–Trinajstić information content (AvgIpc) is 2.70. The number of hydrogen-bond donors (Lipinski definition) is 1. The number of rotatable bonds is 5. The Hall–Kier alpha value is -0.680. The van der Waals surface area contributed by atoms with Gasteiger partial charge in [-0.05, 0) is 43.3 Å². The highest BCUT2D eigenvalue weighted by atomic mass is 79.9. The molecule has 0 amide bonds. The minimum atomic E-state index is 0.640. The molecule has 0 aliphatic heterocycles. The van der Waals surface area contributed by atoms with Gasteiger partial charge in [0.1, 0.15) is 0 Å². The molecule has 1 aromatic carbocycles. The van der Waals surface area contributed by atoms with Crippen LogP contribution in [0.15, 0.2) is 34.8 Å². The molecule has 2 N–H and O–H groups in total. The normalized spacial score (nSPS) is 11.2. The fraction of sp³-hybridized carbons (Fsp3) is 0.333. The first-order valence-electron chi connectivity index (χ1n) is 6.29. The van der Waals surface area contributed by atoms with Crippen LogP contribution in [0.4, 0.5) is 0 Å². The lowest BCUT2D eigenvalue weighted by molar-refractivity contribution is 0.319. The predicted octanol–water partition coefficient (Wildman–Crippen LogP) is 3.91. The van der Waals surface area contributed by atoms with E-state index < -0.39 is 0 Å². The highest BCUT2D eigenvalue weighted by Crippen LogP contribution is 2.23. The molecule has 1 aromatic heterocycles. The van der Waals surface area contributed by atoms with Crippen molar-refractivity contribution < 1.29 is 0 Å². The molecule has 0 saturated heterocycles. The Morgan fingerprint density at radius 3 is 2.68 bits per heavy atom. The lowest BCUT2D eigenvalue weighted by Crippen LogP contribution is -2.17. The third-order valence-electron chi connectivity index (χ3n) is 3.05. The third-order valence-corrected chi connectivity index (χ3v) is 4.66. The van der Waals surface area contributed by atoms with Crippen LogP contribution >= 0.6 is 27.3 Å². The van der Waals surface area contributed by atoms with Gasteiger partial charge in [-0.3, -0.25) is 4.90 Å². The molecule has 0 fully saturated rings. The second-order valence-electron chi connectivity index (χ2n) is 4.80. The number of benzene rings is 1. The Morgan fingerprint density at radius 1 is 1.26 bits per heavy atom. The molecule has 102 valence electrons. The van der Waals surface area contributed by atoms with Crippen LogP contribution in [0, 0.1) is 6.92 Å². The Balaban J connectivity index is 2.00. The zero-order valence-electron chi connectivity index (χ0n) is 11.3. The summed E-state index contributed by atoms with van der Waals surface area (Å²) >= 11 is 5.32. The van der Waals surface area contributed by atoms with Gasteiger partial charge in [-0.15, -0.1) is 11.3 Å². The summed E-state index contributed by atoms with van der Waals surface area (Å²) in [6, 6.07) is 10.7. The van der Waals surface area contributed by atoms with E-state index in [0.717, 1.165) is 17.6 Å². The maximum absolute atomic E-state index is 5.69. The second kappa shape index (κ2) is 6.66. The van der Waals surface area contributed by atoms with Crippen LogP contribution in [0.5, 0.6) is 0 Å². The minimum Gasteiger partial charge on any atom is -0.326 e.